The average Bonchev–Trinajstić information content (AvgIpc) is 2.46. The first-order chi connectivity index (χ1) is 10.1. The van der Waals surface area contributed by atoms with E-state index in [1.807, 2.05) is 12.1 Å². The van der Waals surface area contributed by atoms with Gasteiger partial charge in [0.1, 0.15) is 24.7 Å². The Morgan fingerprint density at radius 3 is 2.33 bits per heavy atom. The van der Waals surface area contributed by atoms with Gasteiger partial charge in [0.15, 0.2) is 0 Å². The molecule has 0 atom stereocenters. The Morgan fingerprint density at radius 2 is 1.67 bits per heavy atom. The molecule has 0 aliphatic heterocycles. The van der Waals surface area contributed by atoms with Crippen LogP contribution in [0.5, 0.6) is 11.5 Å². The van der Waals surface area contributed by atoms with E-state index in [1.54, 1.807) is 37.3 Å². The van der Waals surface area contributed by atoms with Gasteiger partial charge in [-0.1, -0.05) is 29.8 Å². The van der Waals surface area contributed by atoms with Gasteiger partial charge in [-0.15, -0.1) is 0 Å². The molecule has 1 N–H and O–H groups in total. The minimum Gasteiger partial charge on any atom is -0.490 e. The maximum Gasteiger partial charge on any atom is 0.336 e. The minimum absolute atomic E-state index is 0.236. The topological polar surface area (TPSA) is 55.8 Å². The fourth-order valence-corrected chi connectivity index (χ4v) is 2.06. The third-order valence-corrected chi connectivity index (χ3v) is 3.26. The van der Waals surface area contributed by atoms with Gasteiger partial charge in [-0.3, -0.25) is 0 Å². The zero-order valence-electron chi connectivity index (χ0n) is 11.5. The van der Waals surface area contributed by atoms with E-state index in [1.165, 1.54) is 0 Å². The lowest BCUT2D eigenvalue weighted by atomic mass is 10.1. The van der Waals surface area contributed by atoms with Crippen LogP contribution in [0.15, 0.2) is 42.5 Å². The van der Waals surface area contributed by atoms with Crippen molar-refractivity contribution in [3.8, 4) is 11.5 Å². The van der Waals surface area contributed by atoms with Gasteiger partial charge in [0.25, 0.3) is 0 Å². The van der Waals surface area contributed by atoms with Crippen molar-refractivity contribution in [1.29, 1.82) is 0 Å². The first-order valence-electron chi connectivity index (χ1n) is 6.42. The smallest absolute Gasteiger partial charge is 0.336 e. The number of rotatable bonds is 6. The summed E-state index contributed by atoms with van der Waals surface area (Å²) in [7, 11) is 0. The van der Waals surface area contributed by atoms with Crippen LogP contribution in [0.2, 0.25) is 5.02 Å². The van der Waals surface area contributed by atoms with Crippen LogP contribution >= 0.6 is 11.6 Å². The van der Waals surface area contributed by atoms with E-state index in [0.717, 1.165) is 0 Å². The highest BCUT2D eigenvalue weighted by molar-refractivity contribution is 6.32. The standard InChI is InChI=1S/C16H15ClO4/c1-11-12(16(18)19)5-4-8-14(11)20-9-10-21-15-7-3-2-6-13(15)17/h2-8H,9-10H2,1H3,(H,18,19). The summed E-state index contributed by atoms with van der Waals surface area (Å²) in [5, 5.41) is 9.59. The Morgan fingerprint density at radius 1 is 1.05 bits per heavy atom. The highest BCUT2D eigenvalue weighted by atomic mass is 35.5. The van der Waals surface area contributed by atoms with Crippen molar-refractivity contribution in [3.05, 3.63) is 58.6 Å². The van der Waals surface area contributed by atoms with E-state index < -0.39 is 5.97 Å². The predicted octanol–water partition coefficient (Wildman–Crippen LogP) is 3.80. The van der Waals surface area contributed by atoms with Gasteiger partial charge >= 0.3 is 5.97 Å². The van der Waals surface area contributed by atoms with Gasteiger partial charge in [-0.2, -0.15) is 0 Å². The van der Waals surface area contributed by atoms with Crippen LogP contribution in [0, 0.1) is 6.92 Å². The van der Waals surface area contributed by atoms with Crippen LogP contribution in [0.4, 0.5) is 0 Å². The molecule has 2 aromatic carbocycles. The summed E-state index contributed by atoms with van der Waals surface area (Å²) in [4.78, 5) is 11.0. The Kier molecular flexibility index (Phi) is 5.06. The van der Waals surface area contributed by atoms with E-state index in [4.69, 9.17) is 26.2 Å². The molecule has 2 aromatic rings. The number of halogens is 1. The first-order valence-corrected chi connectivity index (χ1v) is 6.80. The van der Waals surface area contributed by atoms with E-state index in [0.29, 0.717) is 35.3 Å². The molecule has 0 aliphatic rings. The van der Waals surface area contributed by atoms with Crippen molar-refractivity contribution < 1.29 is 19.4 Å². The fraction of sp³-hybridized carbons (Fsp3) is 0.188. The van der Waals surface area contributed by atoms with Crippen molar-refractivity contribution in [2.75, 3.05) is 13.2 Å². The molecule has 0 amide bonds. The number of ether oxygens (including phenoxy) is 2. The maximum atomic E-state index is 11.0. The summed E-state index contributed by atoms with van der Waals surface area (Å²) < 4.78 is 11.1. The summed E-state index contributed by atoms with van der Waals surface area (Å²) in [6, 6.07) is 12.1. The van der Waals surface area contributed by atoms with Crippen molar-refractivity contribution in [2.24, 2.45) is 0 Å². The van der Waals surface area contributed by atoms with Gasteiger partial charge in [-0.05, 0) is 31.2 Å². The van der Waals surface area contributed by atoms with Crippen molar-refractivity contribution >= 4 is 17.6 Å². The maximum absolute atomic E-state index is 11.0. The molecule has 4 nitrogen and oxygen atoms in total. The van der Waals surface area contributed by atoms with E-state index >= 15 is 0 Å². The Hall–Kier alpha value is -2.20. The highest BCUT2D eigenvalue weighted by Gasteiger charge is 2.10. The van der Waals surface area contributed by atoms with Crippen LogP contribution in [-0.4, -0.2) is 24.3 Å². The number of hydrogen-bond donors (Lipinski definition) is 1. The summed E-state index contributed by atoms with van der Waals surface area (Å²) in [5.74, 6) is 0.168. The van der Waals surface area contributed by atoms with Crippen LogP contribution in [0.1, 0.15) is 15.9 Å². The summed E-state index contributed by atoms with van der Waals surface area (Å²) in [6.07, 6.45) is 0. The quantitative estimate of drug-likeness (QED) is 0.825. The molecule has 0 unspecified atom stereocenters. The number of carboxylic acid groups (broad SMARTS) is 1. The van der Waals surface area contributed by atoms with Gasteiger partial charge in [-0.25, -0.2) is 4.79 Å². The molecule has 110 valence electrons. The van der Waals surface area contributed by atoms with Crippen LogP contribution in [0.3, 0.4) is 0 Å². The van der Waals surface area contributed by atoms with Gasteiger partial charge in [0, 0.05) is 5.56 Å². The van der Waals surface area contributed by atoms with Crippen molar-refractivity contribution in [1.82, 2.24) is 0 Å². The van der Waals surface area contributed by atoms with Gasteiger partial charge < -0.3 is 14.6 Å². The van der Waals surface area contributed by atoms with Crippen LogP contribution < -0.4 is 9.47 Å². The minimum atomic E-state index is -0.967. The number of para-hydroxylation sites is 1. The molecule has 0 aliphatic carbocycles. The molecule has 0 bridgehead atoms. The second-order valence-corrected chi connectivity index (χ2v) is 4.77. The number of carbonyl (C=O) groups is 1. The second kappa shape index (κ2) is 6.99. The number of carboxylic acids is 1. The fourth-order valence-electron chi connectivity index (χ4n) is 1.87. The molecule has 0 fully saturated rings. The summed E-state index contributed by atoms with van der Waals surface area (Å²) in [6.45, 7) is 2.34. The van der Waals surface area contributed by atoms with Crippen LogP contribution in [0.25, 0.3) is 0 Å². The molecule has 0 aromatic heterocycles. The Bertz CT molecular complexity index is 640. The van der Waals surface area contributed by atoms with Gasteiger partial charge in [0.05, 0.1) is 10.6 Å². The average molecular weight is 307 g/mol. The third-order valence-electron chi connectivity index (χ3n) is 2.95. The molecule has 2 rings (SSSR count). The molecular formula is C16H15ClO4. The highest BCUT2D eigenvalue weighted by Crippen LogP contribution is 2.24. The van der Waals surface area contributed by atoms with E-state index in [-0.39, 0.29) is 5.56 Å². The SMILES string of the molecule is Cc1c(OCCOc2ccccc2Cl)cccc1C(=O)O. The number of aromatic carboxylic acids is 1. The summed E-state index contributed by atoms with van der Waals surface area (Å²) >= 11 is 5.97. The lowest BCUT2D eigenvalue weighted by molar-refractivity contribution is 0.0695. The van der Waals surface area contributed by atoms with Gasteiger partial charge in [0.2, 0.25) is 0 Å². The lowest BCUT2D eigenvalue weighted by Crippen LogP contribution is -2.11. The molecule has 0 radical (unpaired) electrons. The third kappa shape index (κ3) is 3.89. The molecule has 0 spiro atoms. The Labute approximate surface area is 127 Å². The van der Waals surface area contributed by atoms with E-state index in [2.05, 4.69) is 0 Å². The second-order valence-electron chi connectivity index (χ2n) is 4.36. The number of hydrogen-bond acceptors (Lipinski definition) is 3. The lowest BCUT2D eigenvalue weighted by Gasteiger charge is -2.12. The monoisotopic (exact) mass is 306 g/mol. The van der Waals surface area contributed by atoms with Crippen LogP contribution in [-0.2, 0) is 0 Å². The largest absolute Gasteiger partial charge is 0.490 e. The number of benzene rings is 2. The molecule has 0 saturated carbocycles. The summed E-state index contributed by atoms with van der Waals surface area (Å²) in [5.41, 5.74) is 0.835. The first kappa shape index (κ1) is 15.2. The Balaban J connectivity index is 1.91. The van der Waals surface area contributed by atoms with Crippen molar-refractivity contribution in [2.45, 2.75) is 6.92 Å². The zero-order chi connectivity index (χ0) is 15.2. The normalized spacial score (nSPS) is 10.2. The molecule has 0 saturated heterocycles. The van der Waals surface area contributed by atoms with Crippen molar-refractivity contribution in [3.63, 3.8) is 0 Å². The predicted molar refractivity (Wildman–Crippen MR) is 80.6 cm³/mol. The zero-order valence-corrected chi connectivity index (χ0v) is 12.3. The molecule has 21 heavy (non-hydrogen) atoms. The molecule has 0 heterocycles. The molecular weight excluding hydrogens is 292 g/mol. The van der Waals surface area contributed by atoms with E-state index in [9.17, 15) is 4.79 Å². The molecule has 5 heteroatoms.